The lowest BCUT2D eigenvalue weighted by Crippen LogP contribution is -2.33. The summed E-state index contributed by atoms with van der Waals surface area (Å²) < 4.78 is 12.3. The molecule has 2 aromatic carbocycles. The molecule has 0 bridgehead atoms. The van der Waals surface area contributed by atoms with Crippen molar-refractivity contribution in [3.8, 4) is 11.5 Å². The van der Waals surface area contributed by atoms with E-state index in [0.29, 0.717) is 52.0 Å². The van der Waals surface area contributed by atoms with Crippen molar-refractivity contribution in [1.82, 2.24) is 9.88 Å². The molecule has 166 valence electrons. The van der Waals surface area contributed by atoms with Crippen LogP contribution in [-0.2, 0) is 0 Å². The Hall–Kier alpha value is -1.77. The monoisotopic (exact) mass is 501 g/mol. The number of halogens is 3. The summed E-state index contributed by atoms with van der Waals surface area (Å²) in [7, 11) is 4.00. The summed E-state index contributed by atoms with van der Waals surface area (Å²) in [6.45, 7) is 2.38. The second-order valence-corrected chi connectivity index (χ2v) is 9.05. The van der Waals surface area contributed by atoms with E-state index in [1.54, 1.807) is 23.1 Å². The van der Waals surface area contributed by atoms with Gasteiger partial charge in [0.15, 0.2) is 16.6 Å². The Morgan fingerprint density at radius 2 is 1.81 bits per heavy atom. The third-order valence-corrected chi connectivity index (χ3v) is 6.27. The maximum absolute atomic E-state index is 13.4. The highest BCUT2D eigenvalue weighted by molar-refractivity contribution is 7.22. The Morgan fingerprint density at radius 1 is 1.10 bits per heavy atom. The summed E-state index contributed by atoms with van der Waals surface area (Å²) in [6, 6.07) is 8.67. The van der Waals surface area contributed by atoms with Crippen molar-refractivity contribution in [2.75, 3.05) is 45.3 Å². The number of nitrogens with zero attached hydrogens (tertiary/aromatic N) is 3. The van der Waals surface area contributed by atoms with E-state index >= 15 is 0 Å². The quantitative estimate of drug-likeness (QED) is 0.452. The third-order valence-electron chi connectivity index (χ3n) is 4.66. The van der Waals surface area contributed by atoms with Crippen LogP contribution in [0.4, 0.5) is 5.13 Å². The molecule has 1 aliphatic rings. The minimum Gasteiger partial charge on any atom is -0.486 e. The van der Waals surface area contributed by atoms with Crippen molar-refractivity contribution < 1.29 is 14.3 Å². The van der Waals surface area contributed by atoms with Crippen LogP contribution >= 0.6 is 46.9 Å². The number of hydrogen-bond donors (Lipinski definition) is 0. The van der Waals surface area contributed by atoms with Crippen LogP contribution < -0.4 is 14.4 Å². The molecule has 3 aromatic rings. The molecule has 31 heavy (non-hydrogen) atoms. The van der Waals surface area contributed by atoms with Crippen LogP contribution in [0.1, 0.15) is 16.8 Å². The molecule has 0 N–H and O–H groups in total. The topological polar surface area (TPSA) is 54.9 Å². The highest BCUT2D eigenvalue weighted by Crippen LogP contribution is 2.39. The number of ether oxygens (including phenoxy) is 2. The van der Waals surface area contributed by atoms with Gasteiger partial charge in [-0.1, -0.05) is 34.5 Å². The number of amides is 1. The number of rotatable bonds is 6. The number of thiazole rings is 1. The minimum atomic E-state index is -0.224. The predicted molar refractivity (Wildman–Crippen MR) is 129 cm³/mol. The predicted octanol–water partition coefficient (Wildman–Crippen LogP) is 5.39. The smallest absolute Gasteiger partial charge is 0.261 e. The van der Waals surface area contributed by atoms with Crippen molar-refractivity contribution in [2.45, 2.75) is 6.42 Å². The fourth-order valence-electron chi connectivity index (χ4n) is 3.20. The Balaban J connectivity index is 0.00000272. The molecular formula is C21H22Cl3N3O3S. The number of carbonyl (C=O) groups is 1. The van der Waals surface area contributed by atoms with E-state index in [1.165, 1.54) is 11.3 Å². The largest absolute Gasteiger partial charge is 0.486 e. The number of hydrogen-bond acceptors (Lipinski definition) is 6. The number of fused-ring (bicyclic) bond motifs is 2. The molecule has 0 fully saturated rings. The average molecular weight is 503 g/mol. The second-order valence-electron chi connectivity index (χ2n) is 7.20. The van der Waals surface area contributed by atoms with Crippen LogP contribution in [0.25, 0.3) is 10.2 Å². The standard InChI is InChI=1S/C21H21Cl2N3O3S.ClH/c1-25(2)6-3-7-26(20(27)14-10-13(22)4-5-15(14)23)21-24-16-11-17-18(12-19(16)30-21)29-9-8-28-17;/h4-5,10-12H,3,6-9H2,1-2H3;1H. The molecule has 0 radical (unpaired) electrons. The number of anilines is 1. The fourth-order valence-corrected chi connectivity index (χ4v) is 4.57. The van der Waals surface area contributed by atoms with Crippen molar-refractivity contribution in [3.05, 3.63) is 45.9 Å². The van der Waals surface area contributed by atoms with Gasteiger partial charge in [-0.3, -0.25) is 9.69 Å². The maximum atomic E-state index is 13.4. The zero-order chi connectivity index (χ0) is 21.3. The van der Waals surface area contributed by atoms with E-state index in [4.69, 9.17) is 37.7 Å². The molecule has 0 unspecified atom stereocenters. The van der Waals surface area contributed by atoms with E-state index in [1.807, 2.05) is 26.2 Å². The Morgan fingerprint density at radius 3 is 2.52 bits per heavy atom. The first-order valence-electron chi connectivity index (χ1n) is 9.54. The van der Waals surface area contributed by atoms with Gasteiger partial charge in [0, 0.05) is 23.7 Å². The lowest BCUT2D eigenvalue weighted by Gasteiger charge is -2.21. The van der Waals surface area contributed by atoms with Gasteiger partial charge in [-0.15, -0.1) is 12.4 Å². The van der Waals surface area contributed by atoms with Crippen molar-refractivity contribution in [1.29, 1.82) is 0 Å². The van der Waals surface area contributed by atoms with Gasteiger partial charge in [-0.05, 0) is 45.3 Å². The fraction of sp³-hybridized carbons (Fsp3) is 0.333. The highest BCUT2D eigenvalue weighted by Gasteiger charge is 2.24. The van der Waals surface area contributed by atoms with Crippen LogP contribution in [0, 0.1) is 0 Å². The highest BCUT2D eigenvalue weighted by atomic mass is 35.5. The van der Waals surface area contributed by atoms with Crippen molar-refractivity contribution in [2.24, 2.45) is 0 Å². The zero-order valence-electron chi connectivity index (χ0n) is 17.1. The normalized spacial score (nSPS) is 12.7. The van der Waals surface area contributed by atoms with Crippen LogP contribution in [0.5, 0.6) is 11.5 Å². The summed E-state index contributed by atoms with van der Waals surface area (Å²) in [6.07, 6.45) is 0.787. The first-order chi connectivity index (χ1) is 14.4. The molecule has 0 saturated carbocycles. The van der Waals surface area contributed by atoms with Gasteiger partial charge in [0.2, 0.25) is 0 Å². The van der Waals surface area contributed by atoms with Crippen molar-refractivity contribution in [3.63, 3.8) is 0 Å². The Bertz CT molecular complexity index is 1050. The minimum absolute atomic E-state index is 0. The third kappa shape index (κ3) is 5.35. The lowest BCUT2D eigenvalue weighted by molar-refractivity contribution is 0.0986. The van der Waals surface area contributed by atoms with Crippen LogP contribution in [0.15, 0.2) is 30.3 Å². The summed E-state index contributed by atoms with van der Waals surface area (Å²) in [4.78, 5) is 21.9. The van der Waals surface area contributed by atoms with Gasteiger partial charge in [0.25, 0.3) is 5.91 Å². The lowest BCUT2D eigenvalue weighted by atomic mass is 10.2. The molecule has 0 atom stereocenters. The zero-order valence-corrected chi connectivity index (χ0v) is 20.2. The summed E-state index contributed by atoms with van der Waals surface area (Å²) in [5.41, 5.74) is 1.13. The van der Waals surface area contributed by atoms with Crippen LogP contribution in [0.2, 0.25) is 10.0 Å². The van der Waals surface area contributed by atoms with Gasteiger partial charge in [-0.2, -0.15) is 0 Å². The Kier molecular flexibility index (Phi) is 7.88. The maximum Gasteiger partial charge on any atom is 0.261 e. The van der Waals surface area contributed by atoms with E-state index < -0.39 is 0 Å². The molecule has 2 heterocycles. The van der Waals surface area contributed by atoms with Gasteiger partial charge in [-0.25, -0.2) is 4.98 Å². The molecule has 1 aliphatic heterocycles. The SMILES string of the molecule is CN(C)CCCN(C(=O)c1cc(Cl)ccc1Cl)c1nc2cc3c(cc2s1)OCCO3.Cl. The van der Waals surface area contributed by atoms with E-state index in [-0.39, 0.29) is 18.3 Å². The van der Waals surface area contributed by atoms with Gasteiger partial charge in [0.1, 0.15) is 13.2 Å². The summed E-state index contributed by atoms with van der Waals surface area (Å²) in [5.74, 6) is 1.15. The number of benzene rings is 2. The van der Waals surface area contributed by atoms with Crippen molar-refractivity contribution >= 4 is 68.2 Å². The average Bonchev–Trinajstić information content (AvgIpc) is 3.12. The van der Waals surface area contributed by atoms with Gasteiger partial charge < -0.3 is 14.4 Å². The molecule has 4 rings (SSSR count). The molecule has 1 amide bonds. The molecule has 0 spiro atoms. The van der Waals surface area contributed by atoms with Gasteiger partial charge >= 0.3 is 0 Å². The van der Waals surface area contributed by atoms with E-state index in [9.17, 15) is 4.79 Å². The first-order valence-corrected chi connectivity index (χ1v) is 11.1. The van der Waals surface area contributed by atoms with E-state index in [0.717, 1.165) is 23.2 Å². The van der Waals surface area contributed by atoms with Gasteiger partial charge in [0.05, 0.1) is 20.8 Å². The molecule has 6 nitrogen and oxygen atoms in total. The van der Waals surface area contributed by atoms with Crippen LogP contribution in [-0.4, -0.2) is 56.2 Å². The van der Waals surface area contributed by atoms with Crippen LogP contribution in [0.3, 0.4) is 0 Å². The first kappa shape index (κ1) is 23.9. The number of aromatic nitrogens is 1. The number of carbonyl (C=O) groups excluding carboxylic acids is 1. The summed E-state index contributed by atoms with van der Waals surface area (Å²) in [5, 5.41) is 1.43. The molecule has 10 heteroatoms. The molecule has 1 aromatic heterocycles. The molecule has 0 saturated heterocycles. The Labute approximate surface area is 201 Å². The molecular weight excluding hydrogens is 481 g/mol. The second kappa shape index (κ2) is 10.2. The van der Waals surface area contributed by atoms with E-state index in [2.05, 4.69) is 4.90 Å². The summed E-state index contributed by atoms with van der Waals surface area (Å²) >= 11 is 13.9. The molecule has 0 aliphatic carbocycles.